The van der Waals surface area contributed by atoms with Gasteiger partial charge in [0.2, 0.25) is 5.91 Å². The molecule has 0 saturated carbocycles. The Morgan fingerprint density at radius 1 is 1.16 bits per heavy atom. The van der Waals surface area contributed by atoms with Crippen LogP contribution in [0, 0.1) is 5.41 Å². The summed E-state index contributed by atoms with van der Waals surface area (Å²) in [5.74, 6) is 0.390. The molecule has 0 aliphatic heterocycles. The van der Waals surface area contributed by atoms with Gasteiger partial charge in [-0.25, -0.2) is 13.8 Å². The number of rotatable bonds is 15. The lowest BCUT2D eigenvalue weighted by molar-refractivity contribution is -0.127. The molecule has 1 unspecified atom stereocenters. The third kappa shape index (κ3) is 9.17. The van der Waals surface area contributed by atoms with Crippen LogP contribution in [0.25, 0.3) is 0 Å². The van der Waals surface area contributed by atoms with Crippen molar-refractivity contribution in [3.8, 4) is 5.75 Å². The molecule has 0 radical (unpaired) electrons. The monoisotopic (exact) mass is 456 g/mol. The number of carbonyl (C=O) groups is 1. The molecule has 1 aromatic rings. The molecule has 178 valence electrons. The molecule has 1 atom stereocenters. The highest BCUT2D eigenvalue weighted by atomic mass is 32.2. The second-order valence-corrected chi connectivity index (χ2v) is 11.3. The fraction of sp³-hybridized carbons (Fsp3) is 0.696. The number of ether oxygens (including phenoxy) is 1. The van der Waals surface area contributed by atoms with Gasteiger partial charge in [-0.3, -0.25) is 10.2 Å². The minimum Gasteiger partial charge on any atom is -0.494 e. The van der Waals surface area contributed by atoms with Crippen LogP contribution in [0.1, 0.15) is 65.4 Å². The molecule has 1 rings (SSSR count). The van der Waals surface area contributed by atoms with Crippen molar-refractivity contribution < 1.29 is 23.1 Å². The van der Waals surface area contributed by atoms with Gasteiger partial charge in [-0.1, -0.05) is 45.7 Å². The van der Waals surface area contributed by atoms with Crippen molar-refractivity contribution in [3.05, 3.63) is 29.8 Å². The lowest BCUT2D eigenvalue weighted by Crippen LogP contribution is -2.47. The largest absolute Gasteiger partial charge is 0.494 e. The van der Waals surface area contributed by atoms with E-state index >= 15 is 0 Å². The Balaban J connectivity index is 2.97. The number of sulfone groups is 1. The predicted molar refractivity (Wildman–Crippen MR) is 125 cm³/mol. The Kier molecular flexibility index (Phi) is 11.0. The highest BCUT2D eigenvalue weighted by molar-refractivity contribution is 7.91. The van der Waals surface area contributed by atoms with Crippen molar-refractivity contribution in [1.29, 1.82) is 0 Å². The minimum atomic E-state index is -3.30. The molecular formula is C23H40N2O5S. The van der Waals surface area contributed by atoms with Gasteiger partial charge >= 0.3 is 0 Å². The van der Waals surface area contributed by atoms with Crippen molar-refractivity contribution in [2.24, 2.45) is 5.41 Å². The summed E-state index contributed by atoms with van der Waals surface area (Å²) < 4.78 is 30.1. The van der Waals surface area contributed by atoms with E-state index in [1.54, 1.807) is 7.05 Å². The number of amides is 1. The lowest BCUT2D eigenvalue weighted by atomic mass is 9.75. The first kappa shape index (κ1) is 27.4. The summed E-state index contributed by atoms with van der Waals surface area (Å²) >= 11 is 0. The van der Waals surface area contributed by atoms with Crippen molar-refractivity contribution in [3.63, 3.8) is 0 Å². The average molecular weight is 457 g/mol. The molecule has 0 aromatic heterocycles. The van der Waals surface area contributed by atoms with E-state index in [2.05, 4.69) is 17.8 Å². The number of aliphatic hydroxyl groups is 1. The molecule has 0 bridgehead atoms. The van der Waals surface area contributed by atoms with Crippen molar-refractivity contribution in [2.75, 3.05) is 31.8 Å². The quantitative estimate of drug-likeness (QED) is 0.277. The maximum atomic E-state index is 13.0. The van der Waals surface area contributed by atoms with Crippen LogP contribution < -0.4 is 15.6 Å². The smallest absolute Gasteiger partial charge is 0.244 e. The second-order valence-electron chi connectivity index (χ2n) is 9.10. The van der Waals surface area contributed by atoms with Gasteiger partial charge < -0.3 is 9.84 Å². The average Bonchev–Trinajstić information content (AvgIpc) is 2.67. The Morgan fingerprint density at radius 3 is 2.48 bits per heavy atom. The molecule has 7 nitrogen and oxygen atoms in total. The minimum absolute atomic E-state index is 0.0146. The van der Waals surface area contributed by atoms with E-state index < -0.39 is 20.7 Å². The first-order valence-electron chi connectivity index (χ1n) is 11.0. The fourth-order valence-corrected chi connectivity index (χ4v) is 5.46. The van der Waals surface area contributed by atoms with Crippen LogP contribution in [0.3, 0.4) is 0 Å². The van der Waals surface area contributed by atoms with E-state index in [1.807, 2.05) is 45.0 Å². The van der Waals surface area contributed by atoms with Crippen LogP contribution in [0.4, 0.5) is 0 Å². The molecule has 0 aliphatic carbocycles. The maximum Gasteiger partial charge on any atom is 0.244 e. The van der Waals surface area contributed by atoms with Crippen LogP contribution >= 0.6 is 0 Å². The molecule has 31 heavy (non-hydrogen) atoms. The van der Waals surface area contributed by atoms with Gasteiger partial charge in [0.25, 0.3) is 0 Å². The SMILES string of the molecule is CCCCOc1cccc(C(C)(CCCC(C)(C)CS(=O)(=O)CCO)C(=O)NNC)c1. The fourth-order valence-electron chi connectivity index (χ4n) is 3.70. The summed E-state index contributed by atoms with van der Waals surface area (Å²) in [5.41, 5.74) is 5.04. The van der Waals surface area contributed by atoms with Crippen LogP contribution in [-0.2, 0) is 20.0 Å². The van der Waals surface area contributed by atoms with E-state index in [4.69, 9.17) is 9.84 Å². The highest BCUT2D eigenvalue weighted by Gasteiger charge is 2.36. The number of benzene rings is 1. The van der Waals surface area contributed by atoms with Crippen LogP contribution in [0.15, 0.2) is 24.3 Å². The third-order valence-corrected chi connectivity index (χ3v) is 7.55. The van der Waals surface area contributed by atoms with E-state index in [1.165, 1.54) is 0 Å². The summed E-state index contributed by atoms with van der Waals surface area (Å²) in [7, 11) is -1.65. The van der Waals surface area contributed by atoms with Gasteiger partial charge in [0.05, 0.1) is 30.1 Å². The molecule has 0 spiro atoms. The number of nitrogens with one attached hydrogen (secondary N) is 2. The molecule has 0 aliphatic rings. The molecule has 3 N–H and O–H groups in total. The van der Waals surface area contributed by atoms with Crippen LogP contribution in [0.2, 0.25) is 0 Å². The van der Waals surface area contributed by atoms with Crippen molar-refractivity contribution in [2.45, 2.75) is 65.2 Å². The zero-order chi connectivity index (χ0) is 23.5. The normalized spacial score (nSPS) is 14.1. The van der Waals surface area contributed by atoms with Gasteiger partial charge in [-0.15, -0.1) is 0 Å². The van der Waals surface area contributed by atoms with E-state index in [0.717, 1.165) is 24.2 Å². The molecular weight excluding hydrogens is 416 g/mol. The Bertz CT molecular complexity index is 795. The molecule has 0 saturated heterocycles. The zero-order valence-corrected chi connectivity index (χ0v) is 20.5. The number of aliphatic hydroxyl groups excluding tert-OH is 1. The van der Waals surface area contributed by atoms with E-state index in [0.29, 0.717) is 25.9 Å². The van der Waals surface area contributed by atoms with Crippen molar-refractivity contribution >= 4 is 15.7 Å². The lowest BCUT2D eigenvalue weighted by Gasteiger charge is -2.31. The summed E-state index contributed by atoms with van der Waals surface area (Å²) in [5, 5.41) is 8.97. The highest BCUT2D eigenvalue weighted by Crippen LogP contribution is 2.35. The number of hydrogen-bond donors (Lipinski definition) is 3. The number of hydrogen-bond acceptors (Lipinski definition) is 6. The van der Waals surface area contributed by atoms with E-state index in [9.17, 15) is 13.2 Å². The summed E-state index contributed by atoms with van der Waals surface area (Å²) in [6.45, 7) is 8.10. The predicted octanol–water partition coefficient (Wildman–Crippen LogP) is 2.98. The van der Waals surface area contributed by atoms with Gasteiger partial charge in [0.1, 0.15) is 5.75 Å². The molecule has 1 aromatic carbocycles. The van der Waals surface area contributed by atoms with E-state index in [-0.39, 0.29) is 24.0 Å². The molecule has 1 amide bonds. The summed E-state index contributed by atoms with van der Waals surface area (Å²) in [4.78, 5) is 13.0. The molecule has 8 heteroatoms. The standard InChI is InChI=1S/C23H40N2O5S/c1-6-7-15-30-20-11-8-10-19(17-20)23(4,21(27)25-24-5)13-9-12-22(2,3)18-31(28,29)16-14-26/h8,10-11,17,24,26H,6-7,9,12-16,18H2,1-5H3,(H,25,27). The maximum absolute atomic E-state index is 13.0. The summed E-state index contributed by atoms with van der Waals surface area (Å²) in [6, 6.07) is 7.64. The Morgan fingerprint density at radius 2 is 1.87 bits per heavy atom. The molecule has 0 heterocycles. The number of carbonyl (C=O) groups excluding carboxylic acids is 1. The van der Waals surface area contributed by atoms with Crippen LogP contribution in [-0.4, -0.2) is 51.2 Å². The molecule has 0 fully saturated rings. The zero-order valence-electron chi connectivity index (χ0n) is 19.7. The van der Waals surface area contributed by atoms with Gasteiger partial charge in [0.15, 0.2) is 9.84 Å². The number of unbranched alkanes of at least 4 members (excludes halogenated alkanes) is 1. The Labute approximate surface area is 187 Å². The first-order valence-corrected chi connectivity index (χ1v) is 12.8. The van der Waals surface area contributed by atoms with Gasteiger partial charge in [-0.2, -0.15) is 0 Å². The Hall–Kier alpha value is -1.64. The number of hydrazine groups is 1. The van der Waals surface area contributed by atoms with Crippen molar-refractivity contribution in [1.82, 2.24) is 10.9 Å². The van der Waals surface area contributed by atoms with Gasteiger partial charge in [-0.05, 0) is 49.3 Å². The third-order valence-electron chi connectivity index (χ3n) is 5.52. The second kappa shape index (κ2) is 12.4. The topological polar surface area (TPSA) is 105 Å². The summed E-state index contributed by atoms with van der Waals surface area (Å²) in [6.07, 6.45) is 3.90. The van der Waals surface area contributed by atoms with Crippen LogP contribution in [0.5, 0.6) is 5.75 Å². The van der Waals surface area contributed by atoms with Gasteiger partial charge in [0, 0.05) is 7.05 Å². The first-order chi connectivity index (χ1) is 14.5.